The number of anilines is 1. The SMILES string of the molecule is O=[N+]([O-])c1cc(Cl)c2c(c1)[C@@H]1C=CC[C@@H]1[C@H](c1cccc(Cl)c1Cl)N2. The average molecular weight is 396 g/mol. The van der Waals surface area contributed by atoms with Gasteiger partial charge in [0, 0.05) is 18.1 Å². The van der Waals surface area contributed by atoms with Crippen molar-refractivity contribution in [2.45, 2.75) is 18.4 Å². The van der Waals surface area contributed by atoms with E-state index in [9.17, 15) is 10.1 Å². The van der Waals surface area contributed by atoms with Gasteiger partial charge >= 0.3 is 0 Å². The molecule has 0 saturated carbocycles. The molecule has 0 fully saturated rings. The van der Waals surface area contributed by atoms with Crippen LogP contribution >= 0.6 is 34.8 Å². The Kier molecular flexibility index (Phi) is 4.14. The van der Waals surface area contributed by atoms with E-state index in [0.29, 0.717) is 15.1 Å². The molecule has 1 heterocycles. The van der Waals surface area contributed by atoms with E-state index in [1.54, 1.807) is 12.1 Å². The Hall–Kier alpha value is -1.75. The molecule has 25 heavy (non-hydrogen) atoms. The number of benzene rings is 2. The first kappa shape index (κ1) is 16.7. The number of nitro benzene ring substituents is 1. The van der Waals surface area contributed by atoms with E-state index in [0.717, 1.165) is 23.2 Å². The Morgan fingerprint density at radius 1 is 1.12 bits per heavy atom. The molecule has 2 aromatic rings. The highest BCUT2D eigenvalue weighted by molar-refractivity contribution is 6.42. The number of nitrogens with zero attached hydrogens (tertiary/aromatic N) is 1. The van der Waals surface area contributed by atoms with Gasteiger partial charge in [0.05, 0.1) is 31.7 Å². The van der Waals surface area contributed by atoms with Gasteiger partial charge in [-0.05, 0) is 29.5 Å². The molecule has 1 N–H and O–H groups in total. The van der Waals surface area contributed by atoms with Gasteiger partial charge in [0.1, 0.15) is 0 Å². The van der Waals surface area contributed by atoms with Crippen molar-refractivity contribution in [1.29, 1.82) is 0 Å². The van der Waals surface area contributed by atoms with Crippen LogP contribution in [-0.4, -0.2) is 4.92 Å². The summed E-state index contributed by atoms with van der Waals surface area (Å²) in [6.07, 6.45) is 5.05. The largest absolute Gasteiger partial charge is 0.376 e. The monoisotopic (exact) mass is 394 g/mol. The molecule has 3 atom stereocenters. The molecular formula is C18H13Cl3N2O2. The number of hydrogen-bond donors (Lipinski definition) is 1. The van der Waals surface area contributed by atoms with Gasteiger partial charge in [0.15, 0.2) is 0 Å². The van der Waals surface area contributed by atoms with E-state index in [1.165, 1.54) is 6.07 Å². The summed E-state index contributed by atoms with van der Waals surface area (Å²) >= 11 is 19.0. The van der Waals surface area contributed by atoms with Crippen LogP contribution in [0.5, 0.6) is 0 Å². The van der Waals surface area contributed by atoms with Gasteiger partial charge < -0.3 is 5.32 Å². The van der Waals surface area contributed by atoms with E-state index in [1.807, 2.05) is 12.1 Å². The van der Waals surface area contributed by atoms with Gasteiger partial charge in [0.25, 0.3) is 5.69 Å². The zero-order valence-corrected chi connectivity index (χ0v) is 15.1. The summed E-state index contributed by atoms with van der Waals surface area (Å²) in [4.78, 5) is 10.8. The summed E-state index contributed by atoms with van der Waals surface area (Å²) < 4.78 is 0. The van der Waals surface area contributed by atoms with Crippen LogP contribution < -0.4 is 5.32 Å². The Morgan fingerprint density at radius 2 is 1.92 bits per heavy atom. The molecule has 0 unspecified atom stereocenters. The predicted molar refractivity (Wildman–Crippen MR) is 101 cm³/mol. The zero-order valence-electron chi connectivity index (χ0n) is 12.9. The second-order valence-corrected chi connectivity index (χ2v) is 7.46. The topological polar surface area (TPSA) is 55.2 Å². The molecule has 4 rings (SSSR count). The summed E-state index contributed by atoms with van der Waals surface area (Å²) in [5, 5.41) is 16.0. The molecule has 0 saturated heterocycles. The van der Waals surface area contributed by atoms with E-state index >= 15 is 0 Å². The predicted octanol–water partition coefficient (Wildman–Crippen LogP) is 6.38. The normalized spacial score (nSPS) is 23.7. The number of hydrogen-bond acceptors (Lipinski definition) is 3. The lowest BCUT2D eigenvalue weighted by atomic mass is 9.77. The number of rotatable bonds is 2. The Morgan fingerprint density at radius 3 is 2.68 bits per heavy atom. The van der Waals surface area contributed by atoms with Crippen LogP contribution in [0.1, 0.15) is 29.5 Å². The Bertz CT molecular complexity index is 913. The Labute approximate surface area is 159 Å². The van der Waals surface area contributed by atoms with Crippen molar-refractivity contribution in [3.63, 3.8) is 0 Å². The highest BCUT2D eigenvalue weighted by Crippen LogP contribution is 2.53. The fourth-order valence-electron chi connectivity index (χ4n) is 3.81. The van der Waals surface area contributed by atoms with Crippen LogP contribution in [0.4, 0.5) is 11.4 Å². The zero-order chi connectivity index (χ0) is 17.7. The molecule has 2 aliphatic rings. The van der Waals surface area contributed by atoms with Crippen molar-refractivity contribution in [3.05, 3.63) is 78.8 Å². The summed E-state index contributed by atoms with van der Waals surface area (Å²) in [5.41, 5.74) is 2.49. The molecule has 2 aromatic carbocycles. The van der Waals surface area contributed by atoms with E-state index in [2.05, 4.69) is 17.5 Å². The quantitative estimate of drug-likeness (QED) is 0.364. The number of non-ortho nitro benzene ring substituents is 1. The standard InChI is InChI=1S/C18H13Cl3N2O2/c19-14-6-2-5-12(16(14)21)17-11-4-1-3-10(11)13-7-9(23(24)25)8-15(20)18(13)22-17/h1-3,5-8,10-11,17,22H,4H2/t10-,11+,17-/m1/s1. The van der Waals surface area contributed by atoms with E-state index < -0.39 is 4.92 Å². The summed E-state index contributed by atoms with van der Waals surface area (Å²) in [6.45, 7) is 0. The lowest BCUT2D eigenvalue weighted by molar-refractivity contribution is -0.384. The lowest BCUT2D eigenvalue weighted by Crippen LogP contribution is -2.29. The first-order valence-corrected chi connectivity index (χ1v) is 8.95. The summed E-state index contributed by atoms with van der Waals surface area (Å²) in [6, 6.07) is 8.49. The molecule has 1 aliphatic heterocycles. The minimum Gasteiger partial charge on any atom is -0.376 e. The van der Waals surface area contributed by atoms with Crippen molar-refractivity contribution in [1.82, 2.24) is 0 Å². The molecule has 7 heteroatoms. The second-order valence-electron chi connectivity index (χ2n) is 6.27. The third kappa shape index (κ3) is 2.69. The van der Waals surface area contributed by atoms with Crippen molar-refractivity contribution < 1.29 is 4.92 Å². The summed E-state index contributed by atoms with van der Waals surface area (Å²) in [5.74, 6) is 0.246. The van der Waals surface area contributed by atoms with Crippen LogP contribution in [0.25, 0.3) is 0 Å². The van der Waals surface area contributed by atoms with Gasteiger partial charge in [-0.15, -0.1) is 0 Å². The molecule has 0 aromatic heterocycles. The first-order valence-electron chi connectivity index (χ1n) is 7.82. The Balaban J connectivity index is 1.86. The van der Waals surface area contributed by atoms with Gasteiger partial charge in [-0.25, -0.2) is 0 Å². The minimum atomic E-state index is -0.417. The van der Waals surface area contributed by atoms with Crippen LogP contribution in [0.2, 0.25) is 15.1 Å². The molecule has 4 nitrogen and oxygen atoms in total. The molecular weight excluding hydrogens is 383 g/mol. The number of nitrogens with one attached hydrogen (secondary N) is 1. The first-order chi connectivity index (χ1) is 12.0. The average Bonchev–Trinajstić information content (AvgIpc) is 3.07. The van der Waals surface area contributed by atoms with Crippen molar-refractivity contribution in [2.24, 2.45) is 5.92 Å². The molecule has 0 radical (unpaired) electrons. The number of fused-ring (bicyclic) bond motifs is 3. The lowest BCUT2D eigenvalue weighted by Gasteiger charge is -2.38. The van der Waals surface area contributed by atoms with Crippen molar-refractivity contribution >= 4 is 46.2 Å². The third-order valence-corrected chi connectivity index (χ3v) is 6.06. The second kappa shape index (κ2) is 6.20. The maximum atomic E-state index is 11.2. The highest BCUT2D eigenvalue weighted by Gasteiger charge is 2.40. The van der Waals surface area contributed by atoms with Crippen LogP contribution in [0.3, 0.4) is 0 Å². The molecule has 0 amide bonds. The summed E-state index contributed by atoms with van der Waals surface area (Å²) in [7, 11) is 0. The van der Waals surface area contributed by atoms with Crippen LogP contribution in [0, 0.1) is 16.0 Å². The number of halogens is 3. The van der Waals surface area contributed by atoms with Crippen molar-refractivity contribution in [2.75, 3.05) is 5.32 Å². The van der Waals surface area contributed by atoms with Gasteiger partial charge in [0.2, 0.25) is 0 Å². The fourth-order valence-corrected chi connectivity index (χ4v) is 4.52. The van der Waals surface area contributed by atoms with Gasteiger partial charge in [-0.2, -0.15) is 0 Å². The number of allylic oxidation sites excluding steroid dienone is 2. The maximum absolute atomic E-state index is 11.2. The maximum Gasteiger partial charge on any atom is 0.271 e. The fraction of sp³-hybridized carbons (Fsp3) is 0.222. The molecule has 128 valence electrons. The third-order valence-electron chi connectivity index (χ3n) is 4.93. The van der Waals surface area contributed by atoms with E-state index in [4.69, 9.17) is 34.8 Å². The molecule has 0 spiro atoms. The van der Waals surface area contributed by atoms with Crippen LogP contribution in [-0.2, 0) is 0 Å². The number of nitro groups is 1. The van der Waals surface area contributed by atoms with Gasteiger partial charge in [-0.1, -0.05) is 59.1 Å². The van der Waals surface area contributed by atoms with Crippen molar-refractivity contribution in [3.8, 4) is 0 Å². The minimum absolute atomic E-state index is 0.00355. The smallest absolute Gasteiger partial charge is 0.271 e. The molecule has 1 aliphatic carbocycles. The van der Waals surface area contributed by atoms with E-state index in [-0.39, 0.29) is 23.6 Å². The van der Waals surface area contributed by atoms with Crippen LogP contribution in [0.15, 0.2) is 42.5 Å². The highest BCUT2D eigenvalue weighted by atomic mass is 35.5. The van der Waals surface area contributed by atoms with Gasteiger partial charge in [-0.3, -0.25) is 10.1 Å². The molecule has 0 bridgehead atoms.